The highest BCUT2D eigenvalue weighted by atomic mass is 127. The average Bonchev–Trinajstić information content (AvgIpc) is 2.40. The fourth-order valence-electron chi connectivity index (χ4n) is 2.33. The van der Waals surface area contributed by atoms with Gasteiger partial charge in [0.25, 0.3) is 0 Å². The first-order valence-electron chi connectivity index (χ1n) is 6.20. The van der Waals surface area contributed by atoms with Gasteiger partial charge in [-0.3, -0.25) is 4.79 Å². The number of Topliss-reactive ketones (excluding diaryl/α,β-unsaturated/α-hetero) is 1. The summed E-state index contributed by atoms with van der Waals surface area (Å²) < 4.78 is 5.82. The van der Waals surface area contributed by atoms with E-state index in [1.54, 1.807) is 12.1 Å². The number of allylic oxidation sites excluding steroid dienone is 1. The number of ketones is 1. The number of aromatic hydroxyl groups is 1. The quantitative estimate of drug-likeness (QED) is 0.518. The van der Waals surface area contributed by atoms with Crippen LogP contribution in [-0.2, 0) is 4.79 Å². The van der Waals surface area contributed by atoms with Gasteiger partial charge in [0.2, 0.25) is 0 Å². The molecule has 21 heavy (non-hydrogen) atoms. The lowest BCUT2D eigenvalue weighted by molar-refractivity contribution is -0.114. The number of rotatable bonds is 3. The minimum absolute atomic E-state index is 0.0398. The van der Waals surface area contributed by atoms with E-state index in [9.17, 15) is 9.90 Å². The molecule has 0 fully saturated rings. The Morgan fingerprint density at radius 1 is 1.48 bits per heavy atom. The number of hydrogen-bond donors (Lipinski definition) is 3. The number of carbonyl (C=O) groups is 1. The molecule has 0 radical (unpaired) electrons. The van der Waals surface area contributed by atoms with Gasteiger partial charge in [0, 0.05) is 11.3 Å². The van der Waals surface area contributed by atoms with Crippen LogP contribution >= 0.6 is 34.8 Å². The highest BCUT2D eigenvalue weighted by Crippen LogP contribution is 2.37. The molecule has 1 heterocycles. The third-order valence-electron chi connectivity index (χ3n) is 3.25. The number of thiocarbonyl (C=S) groups is 1. The maximum Gasteiger partial charge on any atom is 0.171 e. The van der Waals surface area contributed by atoms with Crippen molar-refractivity contribution in [1.29, 1.82) is 0 Å². The van der Waals surface area contributed by atoms with Crippen molar-refractivity contribution in [1.82, 2.24) is 10.6 Å². The number of benzene rings is 1. The van der Waals surface area contributed by atoms with Crippen molar-refractivity contribution in [3.8, 4) is 11.5 Å². The fraction of sp³-hybridized carbons (Fsp3) is 0.286. The van der Waals surface area contributed by atoms with Crippen LogP contribution in [0.15, 0.2) is 23.4 Å². The van der Waals surface area contributed by atoms with Crippen LogP contribution in [0.4, 0.5) is 0 Å². The van der Waals surface area contributed by atoms with E-state index in [1.165, 1.54) is 14.0 Å². The summed E-state index contributed by atoms with van der Waals surface area (Å²) in [5.41, 5.74) is 2.16. The van der Waals surface area contributed by atoms with Gasteiger partial charge in [0.05, 0.1) is 16.7 Å². The summed E-state index contributed by atoms with van der Waals surface area (Å²) in [6.07, 6.45) is 0. The molecular weight excluding hydrogens is 403 g/mol. The minimum Gasteiger partial charge on any atom is -0.504 e. The minimum atomic E-state index is -0.362. The van der Waals surface area contributed by atoms with E-state index in [4.69, 9.17) is 17.0 Å². The number of methoxy groups -OCH3 is 1. The third-order valence-corrected chi connectivity index (χ3v) is 4.29. The van der Waals surface area contributed by atoms with E-state index in [0.29, 0.717) is 20.0 Å². The van der Waals surface area contributed by atoms with Crippen molar-refractivity contribution in [2.75, 3.05) is 7.11 Å². The molecule has 1 aromatic rings. The summed E-state index contributed by atoms with van der Waals surface area (Å²) in [5.74, 6) is 0.411. The monoisotopic (exact) mass is 418 g/mol. The predicted molar refractivity (Wildman–Crippen MR) is 92.4 cm³/mol. The van der Waals surface area contributed by atoms with Crippen LogP contribution < -0.4 is 15.4 Å². The first kappa shape index (κ1) is 16.0. The Balaban J connectivity index is 2.58. The zero-order valence-electron chi connectivity index (χ0n) is 11.8. The van der Waals surface area contributed by atoms with E-state index in [2.05, 4.69) is 10.6 Å². The number of carbonyl (C=O) groups excluding carboxylic acids is 1. The number of hydrogen-bond acceptors (Lipinski definition) is 4. The SMILES string of the molecule is COc1cc([C@H]2NC(=S)NC(C)=C2C(C)=O)cc(I)c1O. The average molecular weight is 418 g/mol. The lowest BCUT2D eigenvalue weighted by Gasteiger charge is -2.30. The normalized spacial score (nSPS) is 18.1. The summed E-state index contributed by atoms with van der Waals surface area (Å²) in [7, 11) is 1.49. The molecule has 0 spiro atoms. The molecule has 0 amide bonds. The fourth-order valence-corrected chi connectivity index (χ4v) is 3.22. The number of ether oxygens (including phenoxy) is 1. The first-order chi connectivity index (χ1) is 9.85. The molecule has 3 N–H and O–H groups in total. The summed E-state index contributed by atoms with van der Waals surface area (Å²) in [6.45, 7) is 3.34. The van der Waals surface area contributed by atoms with E-state index in [-0.39, 0.29) is 17.6 Å². The Morgan fingerprint density at radius 2 is 2.14 bits per heavy atom. The Bertz CT molecular complexity index is 658. The lowest BCUT2D eigenvalue weighted by Crippen LogP contribution is -2.44. The van der Waals surface area contributed by atoms with Crippen molar-refractivity contribution in [3.05, 3.63) is 32.5 Å². The van der Waals surface area contributed by atoms with E-state index in [0.717, 1.165) is 11.3 Å². The van der Waals surface area contributed by atoms with Gasteiger partial charge < -0.3 is 20.5 Å². The maximum atomic E-state index is 11.9. The van der Waals surface area contributed by atoms with Crippen molar-refractivity contribution < 1.29 is 14.6 Å². The predicted octanol–water partition coefficient (Wildman–Crippen LogP) is 2.39. The molecule has 112 valence electrons. The number of phenolic OH excluding ortho intramolecular Hbond substituents is 1. The Labute approximate surface area is 141 Å². The van der Waals surface area contributed by atoms with Gasteiger partial charge in [-0.2, -0.15) is 0 Å². The number of phenols is 1. The standard InChI is InChI=1S/C14H15IN2O3S/c1-6-11(7(2)18)12(17-14(21)16-6)8-4-9(15)13(19)10(5-8)20-3/h4-5,12,19H,1-3H3,(H2,16,17,21)/t12-/m1/s1. The van der Waals surface area contributed by atoms with Crippen molar-refractivity contribution in [2.45, 2.75) is 19.9 Å². The molecular formula is C14H15IN2O3S. The van der Waals surface area contributed by atoms with Crippen LogP contribution in [0.5, 0.6) is 11.5 Å². The first-order valence-corrected chi connectivity index (χ1v) is 7.69. The molecule has 0 unspecified atom stereocenters. The molecule has 1 atom stereocenters. The Hall–Kier alpha value is -1.35. The molecule has 5 nitrogen and oxygen atoms in total. The summed E-state index contributed by atoms with van der Waals surface area (Å²) in [5, 5.41) is 16.4. The summed E-state index contributed by atoms with van der Waals surface area (Å²) in [6, 6.07) is 3.15. The Morgan fingerprint density at radius 3 is 2.71 bits per heavy atom. The van der Waals surface area contributed by atoms with Gasteiger partial charge in [-0.25, -0.2) is 0 Å². The Kier molecular flexibility index (Phi) is 4.72. The summed E-state index contributed by atoms with van der Waals surface area (Å²) in [4.78, 5) is 11.9. The van der Waals surface area contributed by atoms with E-state index < -0.39 is 0 Å². The van der Waals surface area contributed by atoms with Crippen LogP contribution in [0.1, 0.15) is 25.5 Å². The molecule has 0 saturated carbocycles. The van der Waals surface area contributed by atoms with Crippen LogP contribution in [0.25, 0.3) is 0 Å². The van der Waals surface area contributed by atoms with Gasteiger partial charge >= 0.3 is 0 Å². The van der Waals surface area contributed by atoms with E-state index in [1.807, 2.05) is 29.5 Å². The molecule has 0 aromatic heterocycles. The molecule has 1 aliphatic heterocycles. The largest absolute Gasteiger partial charge is 0.504 e. The van der Waals surface area contributed by atoms with Gasteiger partial charge in [-0.05, 0) is 66.4 Å². The summed E-state index contributed by atoms with van der Waals surface area (Å²) >= 11 is 7.19. The highest BCUT2D eigenvalue weighted by Gasteiger charge is 2.28. The van der Waals surface area contributed by atoms with Gasteiger partial charge in [-0.1, -0.05) is 0 Å². The molecule has 2 rings (SSSR count). The van der Waals surface area contributed by atoms with Crippen molar-refractivity contribution in [3.63, 3.8) is 0 Å². The molecule has 1 aromatic carbocycles. The van der Waals surface area contributed by atoms with E-state index >= 15 is 0 Å². The van der Waals surface area contributed by atoms with Crippen LogP contribution in [0.3, 0.4) is 0 Å². The lowest BCUT2D eigenvalue weighted by atomic mass is 9.93. The molecule has 1 aliphatic rings. The topological polar surface area (TPSA) is 70.6 Å². The second-order valence-electron chi connectivity index (χ2n) is 4.68. The van der Waals surface area contributed by atoms with Crippen LogP contribution in [0, 0.1) is 3.57 Å². The highest BCUT2D eigenvalue weighted by molar-refractivity contribution is 14.1. The van der Waals surface area contributed by atoms with Gasteiger partial charge in [-0.15, -0.1) is 0 Å². The molecule has 7 heteroatoms. The second kappa shape index (κ2) is 6.18. The molecule has 0 bridgehead atoms. The van der Waals surface area contributed by atoms with Gasteiger partial charge in [0.15, 0.2) is 22.4 Å². The van der Waals surface area contributed by atoms with Crippen molar-refractivity contribution >= 4 is 45.7 Å². The zero-order valence-corrected chi connectivity index (χ0v) is 14.8. The van der Waals surface area contributed by atoms with Crippen LogP contribution in [-0.4, -0.2) is 23.1 Å². The molecule has 0 saturated heterocycles. The molecule has 0 aliphatic carbocycles. The zero-order chi connectivity index (χ0) is 15.7. The van der Waals surface area contributed by atoms with Crippen LogP contribution in [0.2, 0.25) is 0 Å². The maximum absolute atomic E-state index is 11.9. The number of halogens is 1. The van der Waals surface area contributed by atoms with Crippen molar-refractivity contribution in [2.24, 2.45) is 0 Å². The second-order valence-corrected chi connectivity index (χ2v) is 6.25. The van der Waals surface area contributed by atoms with Gasteiger partial charge in [0.1, 0.15) is 0 Å². The third kappa shape index (κ3) is 3.13. The smallest absolute Gasteiger partial charge is 0.171 e. The number of nitrogens with one attached hydrogen (secondary N) is 2.